The predicted octanol–water partition coefficient (Wildman–Crippen LogP) is 2.58. The molecule has 1 rings (SSSR count). The summed E-state index contributed by atoms with van der Waals surface area (Å²) in [7, 11) is 2.12. The molecule has 5 nitrogen and oxygen atoms in total. The minimum Gasteiger partial charge on any atom is -0.497 e. The van der Waals surface area contributed by atoms with Gasteiger partial charge in [-0.15, -0.1) is 0 Å². The van der Waals surface area contributed by atoms with Gasteiger partial charge in [0.1, 0.15) is 17.1 Å². The molecule has 0 heterocycles. The number of halogens is 5. The van der Waals surface area contributed by atoms with Crippen LogP contribution >= 0.6 is 0 Å². The van der Waals surface area contributed by atoms with Gasteiger partial charge in [-0.25, -0.2) is 9.59 Å². The van der Waals surface area contributed by atoms with E-state index in [4.69, 9.17) is 4.74 Å². The topological polar surface area (TPSA) is 61.8 Å². The zero-order valence-corrected chi connectivity index (χ0v) is 11.2. The number of esters is 2. The maximum atomic E-state index is 12.9. The number of hydrogen-bond donors (Lipinski definition) is 0. The van der Waals surface area contributed by atoms with Gasteiger partial charge < -0.3 is 14.2 Å². The van der Waals surface area contributed by atoms with Crippen LogP contribution in [0.15, 0.2) is 18.2 Å². The second kappa shape index (κ2) is 6.16. The quantitative estimate of drug-likeness (QED) is 0.483. The highest BCUT2D eigenvalue weighted by atomic mass is 19.4. The molecule has 0 fully saturated rings. The summed E-state index contributed by atoms with van der Waals surface area (Å²) in [6.45, 7) is 0. The Balaban J connectivity index is 3.21. The van der Waals surface area contributed by atoms with Gasteiger partial charge in [-0.2, -0.15) is 22.0 Å². The fourth-order valence-corrected chi connectivity index (χ4v) is 1.27. The maximum Gasteiger partial charge on any atom is 0.465 e. The third-order valence-corrected chi connectivity index (χ3v) is 2.41. The molecule has 0 radical (unpaired) electrons. The summed E-state index contributed by atoms with van der Waals surface area (Å²) < 4.78 is 75.0. The van der Waals surface area contributed by atoms with E-state index in [0.29, 0.717) is 0 Å². The van der Waals surface area contributed by atoms with Crippen molar-refractivity contribution in [2.75, 3.05) is 14.2 Å². The first-order chi connectivity index (χ1) is 10.0. The molecule has 122 valence electrons. The largest absolute Gasteiger partial charge is 0.497 e. The van der Waals surface area contributed by atoms with E-state index in [1.54, 1.807) is 0 Å². The second-order valence-electron chi connectivity index (χ2n) is 3.82. The van der Waals surface area contributed by atoms with Crippen molar-refractivity contribution in [3.05, 3.63) is 23.8 Å². The van der Waals surface area contributed by atoms with Crippen molar-refractivity contribution in [2.45, 2.75) is 12.1 Å². The molecule has 1 aromatic carbocycles. The summed E-state index contributed by atoms with van der Waals surface area (Å²) in [5, 5.41) is 0. The molecule has 0 aliphatic rings. The molecule has 0 aliphatic heterocycles. The first kappa shape index (κ1) is 17.7. The number of benzene rings is 1. The van der Waals surface area contributed by atoms with Crippen molar-refractivity contribution in [3.63, 3.8) is 0 Å². The summed E-state index contributed by atoms with van der Waals surface area (Å²) in [5.41, 5.74) is -0.519. The van der Waals surface area contributed by atoms with E-state index in [1.807, 2.05) is 0 Å². The van der Waals surface area contributed by atoms with Crippen LogP contribution < -0.4 is 9.47 Å². The highest BCUT2D eigenvalue weighted by Gasteiger charge is 2.65. The summed E-state index contributed by atoms with van der Waals surface area (Å²) in [5.74, 6) is -10.6. The summed E-state index contributed by atoms with van der Waals surface area (Å²) >= 11 is 0. The second-order valence-corrected chi connectivity index (χ2v) is 3.82. The Morgan fingerprint density at radius 1 is 1.05 bits per heavy atom. The molecule has 0 aromatic heterocycles. The number of methoxy groups -OCH3 is 2. The Hall–Kier alpha value is -2.39. The summed E-state index contributed by atoms with van der Waals surface area (Å²) in [6, 6.07) is 2.99. The lowest BCUT2D eigenvalue weighted by molar-refractivity contribution is -0.276. The zero-order chi connectivity index (χ0) is 17.1. The number of rotatable bonds is 4. The average molecular weight is 328 g/mol. The first-order valence-electron chi connectivity index (χ1n) is 5.47. The lowest BCUT2D eigenvalue weighted by Crippen LogP contribution is -2.46. The molecule has 0 saturated carbocycles. The van der Waals surface area contributed by atoms with Crippen molar-refractivity contribution in [1.82, 2.24) is 0 Å². The van der Waals surface area contributed by atoms with Crippen molar-refractivity contribution >= 4 is 11.9 Å². The van der Waals surface area contributed by atoms with Gasteiger partial charge in [0, 0.05) is 6.07 Å². The molecule has 0 atom stereocenters. The van der Waals surface area contributed by atoms with Crippen molar-refractivity contribution in [2.24, 2.45) is 0 Å². The lowest BCUT2D eigenvalue weighted by Gasteiger charge is -2.18. The molecule has 22 heavy (non-hydrogen) atoms. The monoisotopic (exact) mass is 328 g/mol. The van der Waals surface area contributed by atoms with E-state index in [0.717, 1.165) is 19.2 Å². The van der Waals surface area contributed by atoms with Gasteiger partial charge in [0.15, 0.2) is 0 Å². The van der Waals surface area contributed by atoms with Crippen LogP contribution in [0.4, 0.5) is 22.0 Å². The van der Waals surface area contributed by atoms with Crippen LogP contribution in [-0.4, -0.2) is 38.3 Å². The summed E-state index contributed by atoms with van der Waals surface area (Å²) in [6.07, 6.45) is -6.13. The molecule has 0 bridgehead atoms. The number of alkyl halides is 5. The van der Waals surface area contributed by atoms with Crippen LogP contribution in [0, 0.1) is 0 Å². The highest BCUT2D eigenvalue weighted by molar-refractivity contribution is 5.94. The van der Waals surface area contributed by atoms with Crippen molar-refractivity contribution in [1.29, 1.82) is 0 Å². The Morgan fingerprint density at radius 2 is 1.64 bits per heavy atom. The van der Waals surface area contributed by atoms with Crippen LogP contribution in [0.1, 0.15) is 10.4 Å². The minimum absolute atomic E-state index is 0.0363. The van der Waals surface area contributed by atoms with E-state index < -0.39 is 35.4 Å². The number of ether oxygens (including phenoxy) is 3. The van der Waals surface area contributed by atoms with E-state index in [2.05, 4.69) is 9.47 Å². The lowest BCUT2D eigenvalue weighted by atomic mass is 10.2. The third-order valence-electron chi connectivity index (χ3n) is 2.41. The fraction of sp³-hybridized carbons (Fsp3) is 0.333. The normalized spacial score (nSPS) is 11.8. The molecule has 0 spiro atoms. The predicted molar refractivity (Wildman–Crippen MR) is 61.0 cm³/mol. The molecule has 1 aromatic rings. The Bertz CT molecular complexity index is 582. The minimum atomic E-state index is -6.13. The SMILES string of the molecule is COC(=O)c1ccc(OC)cc1OC(=O)C(F)(F)C(F)(F)F. The van der Waals surface area contributed by atoms with Crippen molar-refractivity contribution < 1.29 is 45.8 Å². The number of carbonyl (C=O) groups excluding carboxylic acids is 2. The molecule has 0 amide bonds. The Morgan fingerprint density at radius 3 is 2.09 bits per heavy atom. The van der Waals surface area contributed by atoms with E-state index >= 15 is 0 Å². The average Bonchev–Trinajstić information content (AvgIpc) is 2.44. The highest BCUT2D eigenvalue weighted by Crippen LogP contribution is 2.37. The van der Waals surface area contributed by atoms with Gasteiger partial charge in [-0.05, 0) is 12.1 Å². The van der Waals surface area contributed by atoms with Crippen molar-refractivity contribution in [3.8, 4) is 11.5 Å². The van der Waals surface area contributed by atoms with E-state index in [1.165, 1.54) is 13.2 Å². The molecular formula is C12H9F5O5. The van der Waals surface area contributed by atoms with Gasteiger partial charge in [-0.1, -0.05) is 0 Å². The number of carbonyl (C=O) groups is 2. The third kappa shape index (κ3) is 3.43. The van der Waals surface area contributed by atoms with Crippen LogP contribution in [0.3, 0.4) is 0 Å². The van der Waals surface area contributed by atoms with Gasteiger partial charge in [0.25, 0.3) is 0 Å². The fourth-order valence-electron chi connectivity index (χ4n) is 1.27. The van der Waals surface area contributed by atoms with E-state index in [-0.39, 0.29) is 5.75 Å². The smallest absolute Gasteiger partial charge is 0.465 e. The van der Waals surface area contributed by atoms with Crippen LogP contribution in [-0.2, 0) is 9.53 Å². The van der Waals surface area contributed by atoms with Crippen LogP contribution in [0.2, 0.25) is 0 Å². The Labute approximate surface area is 120 Å². The first-order valence-corrected chi connectivity index (χ1v) is 5.47. The molecular weight excluding hydrogens is 319 g/mol. The molecule has 0 aliphatic carbocycles. The molecule has 0 unspecified atom stereocenters. The number of hydrogen-bond acceptors (Lipinski definition) is 5. The van der Waals surface area contributed by atoms with Gasteiger partial charge in [0.05, 0.1) is 14.2 Å². The zero-order valence-electron chi connectivity index (χ0n) is 11.2. The molecule has 0 saturated heterocycles. The summed E-state index contributed by atoms with van der Waals surface area (Å²) in [4.78, 5) is 22.5. The van der Waals surface area contributed by atoms with Gasteiger partial charge in [0.2, 0.25) is 0 Å². The Kier molecular flexibility index (Phi) is 4.94. The maximum absolute atomic E-state index is 12.9. The molecule has 0 N–H and O–H groups in total. The van der Waals surface area contributed by atoms with Gasteiger partial charge >= 0.3 is 24.0 Å². The van der Waals surface area contributed by atoms with Gasteiger partial charge in [-0.3, -0.25) is 0 Å². The van der Waals surface area contributed by atoms with Crippen LogP contribution in [0.5, 0.6) is 11.5 Å². The molecule has 10 heteroatoms. The standard InChI is InChI=1S/C12H9F5O5/c1-20-6-3-4-7(9(18)21-2)8(5-6)22-10(19)11(13,14)12(15,16)17/h3-5H,1-2H3. The van der Waals surface area contributed by atoms with Crippen LogP contribution in [0.25, 0.3) is 0 Å². The van der Waals surface area contributed by atoms with E-state index in [9.17, 15) is 31.5 Å².